The lowest BCUT2D eigenvalue weighted by atomic mass is 9.39. The van der Waals surface area contributed by atoms with Gasteiger partial charge in [0, 0.05) is 0 Å². The first-order valence-corrected chi connectivity index (χ1v) is 11.8. The van der Waals surface area contributed by atoms with Gasteiger partial charge in [-0.1, -0.05) is 137 Å². The van der Waals surface area contributed by atoms with Gasteiger partial charge in [-0.25, -0.2) is 0 Å². The van der Waals surface area contributed by atoms with Gasteiger partial charge in [0.15, 0.2) is 0 Å². The molecule has 0 aromatic heterocycles. The topological polar surface area (TPSA) is 0 Å². The van der Waals surface area contributed by atoms with Crippen LogP contribution in [0.5, 0.6) is 0 Å². The maximum Gasteiger partial charge on any atom is 0.242 e. The Balaban J connectivity index is 1.38. The number of fused-ring (bicyclic) bond motifs is 6. The molecule has 0 saturated heterocycles. The molecule has 0 N–H and O–H groups in total. The minimum Gasteiger partial charge on any atom is -0.0774 e. The first-order valence-electron chi connectivity index (χ1n) is 11.8. The van der Waals surface area contributed by atoms with Crippen molar-refractivity contribution in [3.05, 3.63) is 115 Å². The summed E-state index contributed by atoms with van der Waals surface area (Å²) in [7, 11) is 0. The molecule has 0 amide bonds. The van der Waals surface area contributed by atoms with E-state index in [1.165, 1.54) is 60.7 Å². The number of hydrogen-bond acceptors (Lipinski definition) is 0. The van der Waals surface area contributed by atoms with Crippen LogP contribution in [0.1, 0.15) is 0 Å². The van der Waals surface area contributed by atoms with Crippen molar-refractivity contribution in [2.75, 3.05) is 0 Å². The van der Waals surface area contributed by atoms with Gasteiger partial charge in [-0.05, 0) is 45.5 Å². The molecule has 0 atom stereocenters. The van der Waals surface area contributed by atoms with Gasteiger partial charge in [-0.15, -0.1) is 0 Å². The molecule has 0 unspecified atom stereocenters. The van der Waals surface area contributed by atoms with Gasteiger partial charge >= 0.3 is 0 Å². The Labute approximate surface area is 196 Å². The molecule has 0 fully saturated rings. The van der Waals surface area contributed by atoms with Gasteiger partial charge in [0.1, 0.15) is 0 Å². The number of rotatable bonds is 2. The quantitative estimate of drug-likeness (QED) is 0.374. The molecule has 7 rings (SSSR count). The molecular weight excluding hydrogens is 394 g/mol. The second kappa shape index (κ2) is 7.12. The molecule has 0 radical (unpaired) electrons. The summed E-state index contributed by atoms with van der Waals surface area (Å²) in [5.41, 5.74) is 15.1. The van der Waals surface area contributed by atoms with Crippen molar-refractivity contribution in [2.24, 2.45) is 0 Å². The molecule has 0 saturated carbocycles. The Morgan fingerprint density at radius 2 is 0.909 bits per heavy atom. The maximum absolute atomic E-state index is 2.41. The van der Waals surface area contributed by atoms with Crippen LogP contribution in [0.2, 0.25) is 6.82 Å². The highest BCUT2D eigenvalue weighted by atomic mass is 14.2. The molecule has 5 aromatic rings. The smallest absolute Gasteiger partial charge is 0.0774 e. The molecule has 2 aliphatic heterocycles. The summed E-state index contributed by atoms with van der Waals surface area (Å²) in [6.07, 6.45) is 0. The van der Waals surface area contributed by atoms with Gasteiger partial charge in [-0.3, -0.25) is 0 Å². The highest BCUT2D eigenvalue weighted by Crippen LogP contribution is 2.31. The van der Waals surface area contributed by atoms with Crippen molar-refractivity contribution in [2.45, 2.75) is 6.82 Å². The summed E-state index contributed by atoms with van der Waals surface area (Å²) >= 11 is 0. The maximum atomic E-state index is 2.41. The standard InChI is InChI=1S/C31H22B2/c1-32-28-13-7-5-11-24(28)26-19-21(15-17-29(26)32)22-16-18-31-27(20-22)25-12-6-8-14-30(25)33(31)23-9-3-2-4-10-23/h2-20H,1H3. The Hall–Kier alpha value is -3.77. The first kappa shape index (κ1) is 18.8. The molecule has 0 bridgehead atoms. The Morgan fingerprint density at radius 1 is 0.424 bits per heavy atom. The molecule has 0 spiro atoms. The van der Waals surface area contributed by atoms with Crippen molar-refractivity contribution < 1.29 is 0 Å². The molecule has 2 aliphatic rings. The van der Waals surface area contributed by atoms with E-state index in [-0.39, 0.29) is 0 Å². The molecule has 152 valence electrons. The third-order valence-corrected chi connectivity index (χ3v) is 7.63. The van der Waals surface area contributed by atoms with E-state index < -0.39 is 0 Å². The minimum absolute atomic E-state index is 0.305. The van der Waals surface area contributed by atoms with Crippen LogP contribution in [-0.2, 0) is 0 Å². The predicted octanol–water partition coefficient (Wildman–Crippen LogP) is 4.07. The molecule has 0 nitrogen and oxygen atoms in total. The second-order valence-corrected chi connectivity index (χ2v) is 9.34. The fourth-order valence-corrected chi connectivity index (χ4v) is 6.02. The first-order chi connectivity index (χ1) is 16.3. The molecule has 2 heterocycles. The van der Waals surface area contributed by atoms with E-state index in [4.69, 9.17) is 0 Å². The van der Waals surface area contributed by atoms with Gasteiger partial charge < -0.3 is 0 Å². The summed E-state index contributed by atoms with van der Waals surface area (Å²) in [6.45, 7) is 3.09. The highest BCUT2D eigenvalue weighted by molar-refractivity contribution is 6.99. The molecule has 0 aliphatic carbocycles. The number of hydrogen-bond donors (Lipinski definition) is 0. The average Bonchev–Trinajstić information content (AvgIpc) is 3.36. The van der Waals surface area contributed by atoms with Crippen molar-refractivity contribution >= 4 is 40.7 Å². The fourth-order valence-electron chi connectivity index (χ4n) is 6.02. The lowest BCUT2D eigenvalue weighted by Crippen LogP contribution is -2.48. The molecule has 33 heavy (non-hydrogen) atoms. The summed E-state index contributed by atoms with van der Waals surface area (Å²) in [5.74, 6) is 0. The van der Waals surface area contributed by atoms with Crippen molar-refractivity contribution in [3.8, 4) is 33.4 Å². The molecule has 2 heteroatoms. The van der Waals surface area contributed by atoms with Gasteiger partial charge in [0.05, 0.1) is 0 Å². The van der Waals surface area contributed by atoms with E-state index in [2.05, 4.69) is 122 Å². The highest BCUT2D eigenvalue weighted by Gasteiger charge is 2.33. The third-order valence-electron chi connectivity index (χ3n) is 7.63. The van der Waals surface area contributed by atoms with E-state index in [1.807, 2.05) is 0 Å². The van der Waals surface area contributed by atoms with Crippen LogP contribution in [0.4, 0.5) is 0 Å². The second-order valence-electron chi connectivity index (χ2n) is 9.34. The van der Waals surface area contributed by atoms with E-state index in [1.54, 1.807) is 0 Å². The zero-order chi connectivity index (χ0) is 21.9. The van der Waals surface area contributed by atoms with Crippen molar-refractivity contribution in [3.63, 3.8) is 0 Å². The molecule has 5 aromatic carbocycles. The van der Waals surface area contributed by atoms with Gasteiger partial charge in [0.2, 0.25) is 13.4 Å². The zero-order valence-electron chi connectivity index (χ0n) is 18.6. The summed E-state index contributed by atoms with van der Waals surface area (Å²) in [5, 5.41) is 0. The summed E-state index contributed by atoms with van der Waals surface area (Å²) < 4.78 is 0. The van der Waals surface area contributed by atoms with Gasteiger partial charge in [-0.2, -0.15) is 0 Å². The lowest BCUT2D eigenvalue weighted by Gasteiger charge is -2.12. The summed E-state index contributed by atoms with van der Waals surface area (Å²) in [6, 6.07) is 42.8. The zero-order valence-corrected chi connectivity index (χ0v) is 18.6. The average molecular weight is 416 g/mol. The van der Waals surface area contributed by atoms with Crippen LogP contribution in [0.25, 0.3) is 33.4 Å². The normalized spacial score (nSPS) is 12.9. The minimum atomic E-state index is 0.305. The van der Waals surface area contributed by atoms with Crippen LogP contribution in [-0.4, -0.2) is 13.4 Å². The van der Waals surface area contributed by atoms with Crippen LogP contribution in [0.15, 0.2) is 115 Å². The SMILES string of the molecule is CB1c2ccccc2-c2cc(-c3ccc4c(c3)-c3ccccc3B4c3ccccc3)ccc21. The van der Waals surface area contributed by atoms with Crippen LogP contribution >= 0.6 is 0 Å². The summed E-state index contributed by atoms with van der Waals surface area (Å²) in [4.78, 5) is 0. The van der Waals surface area contributed by atoms with E-state index in [9.17, 15) is 0 Å². The fraction of sp³-hybridized carbons (Fsp3) is 0.0323. The van der Waals surface area contributed by atoms with E-state index in [0.29, 0.717) is 13.4 Å². The monoisotopic (exact) mass is 416 g/mol. The van der Waals surface area contributed by atoms with Crippen LogP contribution in [0, 0.1) is 0 Å². The van der Waals surface area contributed by atoms with E-state index in [0.717, 1.165) is 0 Å². The third kappa shape index (κ3) is 2.74. The molecular formula is C31H22B2. The van der Waals surface area contributed by atoms with E-state index >= 15 is 0 Å². The number of benzene rings is 5. The Kier molecular flexibility index (Phi) is 4.05. The van der Waals surface area contributed by atoms with Crippen molar-refractivity contribution in [1.29, 1.82) is 0 Å². The lowest BCUT2D eigenvalue weighted by molar-refractivity contribution is 1.64. The van der Waals surface area contributed by atoms with Crippen LogP contribution in [0.3, 0.4) is 0 Å². The van der Waals surface area contributed by atoms with Crippen molar-refractivity contribution in [1.82, 2.24) is 0 Å². The Morgan fingerprint density at radius 3 is 1.64 bits per heavy atom. The van der Waals surface area contributed by atoms with Crippen LogP contribution < -0.4 is 27.3 Å². The predicted molar refractivity (Wildman–Crippen MR) is 145 cm³/mol. The van der Waals surface area contributed by atoms with Gasteiger partial charge in [0.25, 0.3) is 0 Å². The Bertz CT molecular complexity index is 1530. The largest absolute Gasteiger partial charge is 0.242 e.